The first-order valence-corrected chi connectivity index (χ1v) is 7.29. The average Bonchev–Trinajstić information content (AvgIpc) is 2.28. The summed E-state index contributed by atoms with van der Waals surface area (Å²) in [5.41, 5.74) is 0.956. The van der Waals surface area contributed by atoms with Crippen molar-refractivity contribution in [3.8, 4) is 6.07 Å². The highest BCUT2D eigenvalue weighted by atomic mass is 32.2. The summed E-state index contributed by atoms with van der Waals surface area (Å²) in [7, 11) is -3.33. The van der Waals surface area contributed by atoms with E-state index in [0.29, 0.717) is 17.7 Å². The second-order valence-electron chi connectivity index (χ2n) is 3.83. The molecule has 0 aromatic heterocycles. The van der Waals surface area contributed by atoms with E-state index in [1.807, 2.05) is 6.07 Å². The van der Waals surface area contributed by atoms with E-state index in [-0.39, 0.29) is 5.75 Å². The van der Waals surface area contributed by atoms with E-state index >= 15 is 0 Å². The molecule has 0 aliphatic heterocycles. The summed E-state index contributed by atoms with van der Waals surface area (Å²) in [6, 6.07) is 8.17. The van der Waals surface area contributed by atoms with Crippen molar-refractivity contribution in [3.05, 3.63) is 29.8 Å². The van der Waals surface area contributed by atoms with Crippen molar-refractivity contribution in [3.63, 3.8) is 0 Å². The number of hydrogen-bond donors (Lipinski definition) is 1. The van der Waals surface area contributed by atoms with E-state index in [2.05, 4.69) is 5.32 Å². The first-order chi connectivity index (χ1) is 8.46. The molecule has 0 atom stereocenters. The minimum atomic E-state index is -3.33. The molecule has 1 aromatic rings. The van der Waals surface area contributed by atoms with Gasteiger partial charge in [0.05, 0.1) is 17.4 Å². The number of hydrogen-bond acceptors (Lipinski definition) is 4. The standard InChI is InChI=1S/C12H14N2O3S/c1-2-7-18(16,17)9-12(15)14-11-5-3-10(8-13)4-6-11/h3-6H,2,7,9H2,1H3,(H,14,15). The molecule has 0 radical (unpaired) electrons. The molecule has 1 aromatic carbocycles. The molecule has 18 heavy (non-hydrogen) atoms. The predicted octanol–water partition coefficient (Wildman–Crippen LogP) is 1.32. The minimum Gasteiger partial charge on any atom is -0.325 e. The fraction of sp³-hybridized carbons (Fsp3) is 0.333. The van der Waals surface area contributed by atoms with Crippen LogP contribution in [0.15, 0.2) is 24.3 Å². The Morgan fingerprint density at radius 3 is 2.44 bits per heavy atom. The van der Waals surface area contributed by atoms with Gasteiger partial charge in [0.2, 0.25) is 5.91 Å². The third-order valence-electron chi connectivity index (χ3n) is 2.16. The van der Waals surface area contributed by atoms with Crippen LogP contribution in [0.2, 0.25) is 0 Å². The van der Waals surface area contributed by atoms with E-state index in [4.69, 9.17) is 5.26 Å². The van der Waals surface area contributed by atoms with Crippen molar-refractivity contribution in [2.24, 2.45) is 0 Å². The molecular weight excluding hydrogens is 252 g/mol. The SMILES string of the molecule is CCCS(=O)(=O)CC(=O)Nc1ccc(C#N)cc1. The first kappa shape index (κ1) is 14.2. The number of carbonyl (C=O) groups is 1. The van der Waals surface area contributed by atoms with Crippen LogP contribution in [-0.2, 0) is 14.6 Å². The van der Waals surface area contributed by atoms with Gasteiger partial charge < -0.3 is 5.32 Å². The number of nitrogens with zero attached hydrogens (tertiary/aromatic N) is 1. The Bertz CT molecular complexity index is 556. The molecule has 0 heterocycles. The lowest BCUT2D eigenvalue weighted by atomic mass is 10.2. The summed E-state index contributed by atoms with van der Waals surface area (Å²) in [6.45, 7) is 1.75. The zero-order valence-corrected chi connectivity index (χ0v) is 10.8. The van der Waals surface area contributed by atoms with Gasteiger partial charge in [0.1, 0.15) is 5.75 Å². The summed E-state index contributed by atoms with van der Waals surface area (Å²) < 4.78 is 22.9. The molecule has 0 saturated carbocycles. The van der Waals surface area contributed by atoms with Crippen molar-refractivity contribution in [2.45, 2.75) is 13.3 Å². The molecule has 0 aliphatic carbocycles. The fourth-order valence-electron chi connectivity index (χ4n) is 1.41. The van der Waals surface area contributed by atoms with Gasteiger partial charge in [0, 0.05) is 5.69 Å². The summed E-state index contributed by atoms with van der Waals surface area (Å²) in [5.74, 6) is -1.07. The molecule has 1 amide bonds. The molecule has 6 heteroatoms. The maximum Gasteiger partial charge on any atom is 0.239 e. The van der Waals surface area contributed by atoms with Crippen LogP contribution in [0.4, 0.5) is 5.69 Å². The largest absolute Gasteiger partial charge is 0.325 e. The van der Waals surface area contributed by atoms with Gasteiger partial charge in [-0.2, -0.15) is 5.26 Å². The normalized spacial score (nSPS) is 10.7. The summed E-state index contributed by atoms with van der Waals surface area (Å²) in [6.07, 6.45) is 0.493. The summed E-state index contributed by atoms with van der Waals surface area (Å²) in [5, 5.41) is 11.1. The van der Waals surface area contributed by atoms with Gasteiger partial charge in [-0.05, 0) is 30.7 Å². The van der Waals surface area contributed by atoms with Gasteiger partial charge in [-0.1, -0.05) is 6.92 Å². The lowest BCUT2D eigenvalue weighted by Crippen LogP contribution is -2.24. The Hall–Kier alpha value is -1.87. The number of amides is 1. The molecule has 1 N–H and O–H groups in total. The molecule has 96 valence electrons. The second-order valence-corrected chi connectivity index (χ2v) is 6.01. The van der Waals surface area contributed by atoms with Crippen LogP contribution in [0.1, 0.15) is 18.9 Å². The molecule has 0 unspecified atom stereocenters. The number of rotatable bonds is 5. The van der Waals surface area contributed by atoms with Crippen LogP contribution < -0.4 is 5.32 Å². The molecule has 0 fully saturated rings. The Labute approximate surface area is 106 Å². The topological polar surface area (TPSA) is 87.0 Å². The maximum absolute atomic E-state index is 11.5. The maximum atomic E-state index is 11.5. The van der Waals surface area contributed by atoms with E-state index in [1.54, 1.807) is 31.2 Å². The van der Waals surface area contributed by atoms with Crippen LogP contribution in [0.25, 0.3) is 0 Å². The van der Waals surface area contributed by atoms with Gasteiger partial charge >= 0.3 is 0 Å². The van der Waals surface area contributed by atoms with Crippen molar-refractivity contribution < 1.29 is 13.2 Å². The van der Waals surface area contributed by atoms with Crippen molar-refractivity contribution in [1.29, 1.82) is 5.26 Å². The van der Waals surface area contributed by atoms with E-state index in [1.165, 1.54) is 0 Å². The minimum absolute atomic E-state index is 0.00773. The lowest BCUT2D eigenvalue weighted by molar-refractivity contribution is -0.113. The van der Waals surface area contributed by atoms with Crippen molar-refractivity contribution >= 4 is 21.4 Å². The fourth-order valence-corrected chi connectivity index (χ4v) is 2.65. The Morgan fingerprint density at radius 2 is 1.94 bits per heavy atom. The molecule has 5 nitrogen and oxygen atoms in total. The van der Waals surface area contributed by atoms with E-state index < -0.39 is 21.5 Å². The van der Waals surface area contributed by atoms with Crippen LogP contribution in [0.3, 0.4) is 0 Å². The zero-order valence-electron chi connectivity index (χ0n) is 10.0. The molecule has 0 spiro atoms. The van der Waals surface area contributed by atoms with E-state index in [0.717, 1.165) is 0 Å². The summed E-state index contributed by atoms with van der Waals surface area (Å²) >= 11 is 0. The van der Waals surface area contributed by atoms with Crippen molar-refractivity contribution in [2.75, 3.05) is 16.8 Å². The number of carbonyl (C=O) groups excluding carboxylic acids is 1. The van der Waals surface area contributed by atoms with Gasteiger partial charge in [-0.25, -0.2) is 8.42 Å². The van der Waals surface area contributed by atoms with Crippen LogP contribution in [0.5, 0.6) is 0 Å². The highest BCUT2D eigenvalue weighted by Gasteiger charge is 2.15. The van der Waals surface area contributed by atoms with E-state index in [9.17, 15) is 13.2 Å². The monoisotopic (exact) mass is 266 g/mol. The number of anilines is 1. The zero-order chi connectivity index (χ0) is 13.6. The highest BCUT2D eigenvalue weighted by Crippen LogP contribution is 2.09. The average molecular weight is 266 g/mol. The number of benzene rings is 1. The first-order valence-electron chi connectivity index (χ1n) is 5.47. The van der Waals surface area contributed by atoms with Gasteiger partial charge in [0.25, 0.3) is 0 Å². The van der Waals surface area contributed by atoms with Gasteiger partial charge in [0.15, 0.2) is 9.84 Å². The van der Waals surface area contributed by atoms with Gasteiger partial charge in [-0.3, -0.25) is 4.79 Å². The highest BCUT2D eigenvalue weighted by molar-refractivity contribution is 7.92. The van der Waals surface area contributed by atoms with Crippen LogP contribution >= 0.6 is 0 Å². The Balaban J connectivity index is 2.62. The van der Waals surface area contributed by atoms with Crippen LogP contribution in [-0.4, -0.2) is 25.8 Å². The third kappa shape index (κ3) is 4.55. The lowest BCUT2D eigenvalue weighted by Gasteiger charge is -2.05. The molecule has 0 bridgehead atoms. The number of sulfone groups is 1. The van der Waals surface area contributed by atoms with Crippen molar-refractivity contribution in [1.82, 2.24) is 0 Å². The third-order valence-corrected chi connectivity index (χ3v) is 3.90. The molecule has 0 aliphatic rings. The van der Waals surface area contributed by atoms with Crippen LogP contribution in [0, 0.1) is 11.3 Å². The predicted molar refractivity (Wildman–Crippen MR) is 68.7 cm³/mol. The number of nitriles is 1. The molecule has 1 rings (SSSR count). The Kier molecular flexibility index (Phi) is 4.86. The quantitative estimate of drug-likeness (QED) is 0.870. The molecule has 0 saturated heterocycles. The molecular formula is C12H14N2O3S. The summed E-state index contributed by atoms with van der Waals surface area (Å²) in [4.78, 5) is 11.5. The number of nitrogens with one attached hydrogen (secondary N) is 1. The second kappa shape index (κ2) is 6.17. The smallest absolute Gasteiger partial charge is 0.239 e. The van der Waals surface area contributed by atoms with Gasteiger partial charge in [-0.15, -0.1) is 0 Å². The Morgan fingerprint density at radius 1 is 1.33 bits per heavy atom.